The third-order valence-electron chi connectivity index (χ3n) is 5.26. The number of rotatable bonds is 6. The van der Waals surface area contributed by atoms with Crippen LogP contribution in [0, 0.1) is 11.6 Å². The molecule has 2 fully saturated rings. The van der Waals surface area contributed by atoms with Gasteiger partial charge < -0.3 is 19.4 Å². The number of hydrogen-bond acceptors (Lipinski definition) is 8. The monoisotopic (exact) mass is 516 g/mol. The number of anilines is 3. The van der Waals surface area contributed by atoms with Gasteiger partial charge in [-0.05, 0) is 0 Å². The van der Waals surface area contributed by atoms with Crippen LogP contribution in [0.3, 0.4) is 0 Å². The second-order valence-electron chi connectivity index (χ2n) is 7.61. The van der Waals surface area contributed by atoms with Crippen LogP contribution in [0.25, 0.3) is 0 Å². The number of benzene rings is 1. The summed E-state index contributed by atoms with van der Waals surface area (Å²) in [4.78, 5) is 46.8. The van der Waals surface area contributed by atoms with Gasteiger partial charge in [0.2, 0.25) is 0 Å². The smallest absolute Gasteiger partial charge is 0.414 e. The second-order valence-corrected chi connectivity index (χ2v) is 7.61. The number of cyclic esters (lactones) is 1. The van der Waals surface area contributed by atoms with Gasteiger partial charge in [0.25, 0.3) is 5.91 Å². The van der Waals surface area contributed by atoms with Gasteiger partial charge in [0.15, 0.2) is 11.6 Å². The Morgan fingerprint density at radius 2 is 1.92 bits per heavy atom. The van der Waals surface area contributed by atoms with E-state index in [-0.39, 0.29) is 56.7 Å². The van der Waals surface area contributed by atoms with Crippen molar-refractivity contribution in [3.8, 4) is 0 Å². The van der Waals surface area contributed by atoms with Crippen LogP contribution in [-0.4, -0.2) is 79.9 Å². The molecular formula is C20H20F4N6O6. The fourth-order valence-corrected chi connectivity index (χ4v) is 3.61. The van der Waals surface area contributed by atoms with E-state index < -0.39 is 42.2 Å². The lowest BCUT2D eigenvalue weighted by Crippen LogP contribution is -2.37. The highest BCUT2D eigenvalue weighted by Gasteiger charge is 2.34. The number of aromatic nitrogens is 1. The number of nitrogens with one attached hydrogen (secondary N) is 2. The maximum Gasteiger partial charge on any atom is 0.414 e. The van der Waals surface area contributed by atoms with E-state index in [0.717, 1.165) is 22.1 Å². The molecule has 2 N–H and O–H groups in total. The van der Waals surface area contributed by atoms with Crippen molar-refractivity contribution in [2.45, 2.75) is 12.5 Å². The highest BCUT2D eigenvalue weighted by Crippen LogP contribution is 2.31. The Kier molecular flexibility index (Phi) is 7.42. The van der Waals surface area contributed by atoms with Crippen molar-refractivity contribution >= 4 is 35.4 Å². The zero-order chi connectivity index (χ0) is 25.8. The molecule has 1 aromatic heterocycles. The number of carbonyl (C=O) groups is 3. The Morgan fingerprint density at radius 3 is 2.58 bits per heavy atom. The molecule has 1 aromatic carbocycles. The summed E-state index contributed by atoms with van der Waals surface area (Å²) in [6, 6.07) is 1.14. The van der Waals surface area contributed by atoms with Gasteiger partial charge in [0.1, 0.15) is 18.1 Å². The van der Waals surface area contributed by atoms with Crippen molar-refractivity contribution in [3.63, 3.8) is 0 Å². The van der Waals surface area contributed by atoms with Crippen molar-refractivity contribution in [3.05, 3.63) is 36.2 Å². The molecule has 4 amide bonds. The van der Waals surface area contributed by atoms with Crippen LogP contribution in [0.5, 0.6) is 0 Å². The molecule has 0 aliphatic carbocycles. The fourth-order valence-electron chi connectivity index (χ4n) is 3.61. The number of ether oxygens (including phenoxy) is 1. The van der Waals surface area contributed by atoms with Gasteiger partial charge in [-0.25, -0.2) is 28.4 Å². The van der Waals surface area contributed by atoms with E-state index in [1.165, 1.54) is 17.4 Å². The van der Waals surface area contributed by atoms with Crippen molar-refractivity contribution in [1.29, 1.82) is 0 Å². The fraction of sp³-hybridized carbons (Fsp3) is 0.400. The summed E-state index contributed by atoms with van der Waals surface area (Å²) in [5, 5.41) is 5.27. The number of carbonyl (C=O) groups excluding carboxylic acids is 3. The van der Waals surface area contributed by atoms with Gasteiger partial charge in [-0.2, -0.15) is 8.78 Å². The van der Waals surface area contributed by atoms with Gasteiger partial charge in [-0.15, -0.1) is 0 Å². The van der Waals surface area contributed by atoms with Gasteiger partial charge in [0, 0.05) is 25.2 Å². The summed E-state index contributed by atoms with van der Waals surface area (Å²) >= 11 is 0. The first-order valence-corrected chi connectivity index (χ1v) is 10.6. The van der Waals surface area contributed by atoms with E-state index in [4.69, 9.17) is 14.0 Å². The lowest BCUT2D eigenvalue weighted by atomic mass is 10.2. The quantitative estimate of drug-likeness (QED) is 0.558. The van der Waals surface area contributed by atoms with E-state index in [1.807, 2.05) is 5.32 Å². The first kappa shape index (κ1) is 25.0. The predicted octanol–water partition coefficient (Wildman–Crippen LogP) is 1.94. The molecule has 0 bridgehead atoms. The number of amides is 4. The molecule has 0 unspecified atom stereocenters. The molecule has 0 radical (unpaired) electrons. The number of oxazole rings is 1. The Hall–Kier alpha value is -4.08. The molecule has 12 nitrogen and oxygen atoms in total. The first-order chi connectivity index (χ1) is 17.2. The molecule has 2 saturated heterocycles. The summed E-state index contributed by atoms with van der Waals surface area (Å²) in [6.07, 6.45) is -2.56. The average Bonchev–Trinajstić information content (AvgIpc) is 3.40. The number of hydrogen-bond donors (Lipinski definition) is 2. The largest absolute Gasteiger partial charge is 0.442 e. The number of hydroxylamine groups is 2. The van der Waals surface area contributed by atoms with Gasteiger partial charge in [-0.3, -0.25) is 19.8 Å². The molecule has 1 atom stereocenters. The van der Waals surface area contributed by atoms with Crippen LogP contribution in [0.4, 0.5) is 44.5 Å². The number of urea groups is 1. The molecule has 2 aliphatic heterocycles. The van der Waals surface area contributed by atoms with Crippen molar-refractivity contribution in [2.24, 2.45) is 0 Å². The Bertz CT molecular complexity index is 1100. The van der Waals surface area contributed by atoms with Crippen LogP contribution in [0.15, 0.2) is 29.0 Å². The Morgan fingerprint density at radius 1 is 1.17 bits per heavy atom. The standard InChI is InChI=1S/C20H20F4N6O6/c21-13-7-11(29-10-12(36-20(29)33)9-26-17(31)16(23)24)8-14(22)15(13)28-2-3-30(35-6-4-28)19(32)27-18-25-1-5-34-18/h1,5,7-8,12,16H,2-4,6,9-10H2,(H,26,31)(H,25,27,32)/t12-/m0/s1. The minimum atomic E-state index is -3.23. The maximum absolute atomic E-state index is 15.0. The van der Waals surface area contributed by atoms with Crippen molar-refractivity contribution in [1.82, 2.24) is 15.4 Å². The van der Waals surface area contributed by atoms with E-state index >= 15 is 8.78 Å². The first-order valence-electron chi connectivity index (χ1n) is 10.6. The van der Waals surface area contributed by atoms with Crippen LogP contribution in [-0.2, 0) is 14.4 Å². The molecule has 16 heteroatoms. The minimum absolute atomic E-state index is 0.0177. The van der Waals surface area contributed by atoms with E-state index in [9.17, 15) is 23.2 Å². The van der Waals surface area contributed by atoms with E-state index in [0.29, 0.717) is 0 Å². The van der Waals surface area contributed by atoms with Gasteiger partial charge in [0.05, 0.1) is 38.1 Å². The van der Waals surface area contributed by atoms with E-state index in [1.54, 1.807) is 0 Å². The highest BCUT2D eigenvalue weighted by molar-refractivity contribution is 5.90. The van der Waals surface area contributed by atoms with Gasteiger partial charge in [-0.1, -0.05) is 0 Å². The average molecular weight is 516 g/mol. The van der Waals surface area contributed by atoms with Gasteiger partial charge >= 0.3 is 24.6 Å². The molecule has 4 rings (SSSR count). The van der Waals surface area contributed by atoms with Crippen molar-refractivity contribution in [2.75, 3.05) is 54.4 Å². The summed E-state index contributed by atoms with van der Waals surface area (Å²) < 4.78 is 64.5. The molecule has 3 heterocycles. The van der Waals surface area contributed by atoms with Crippen LogP contribution < -0.4 is 20.4 Å². The summed E-state index contributed by atoms with van der Waals surface area (Å²) in [6.45, 7) is -0.645. The summed E-state index contributed by atoms with van der Waals surface area (Å²) in [5.41, 5.74) is -0.537. The molecule has 2 aromatic rings. The Labute approximate surface area is 200 Å². The lowest BCUT2D eigenvalue weighted by Gasteiger charge is -2.24. The molecule has 0 saturated carbocycles. The topological polar surface area (TPSA) is 129 Å². The SMILES string of the molecule is O=C(NC[C@H]1CN(c2cc(F)c(N3CCON(C(=O)Nc4ncco4)CC3)c(F)c2)C(=O)O1)C(F)F. The van der Waals surface area contributed by atoms with Crippen LogP contribution >= 0.6 is 0 Å². The normalized spacial score (nSPS) is 18.3. The summed E-state index contributed by atoms with van der Waals surface area (Å²) in [5.74, 6) is -3.49. The van der Waals surface area contributed by atoms with Crippen molar-refractivity contribution < 1.29 is 45.9 Å². The van der Waals surface area contributed by atoms with E-state index in [2.05, 4.69) is 10.3 Å². The van der Waals surface area contributed by atoms with Crippen LogP contribution in [0.1, 0.15) is 0 Å². The molecule has 0 spiro atoms. The molecule has 194 valence electrons. The number of nitrogens with zero attached hydrogens (tertiary/aromatic N) is 4. The summed E-state index contributed by atoms with van der Waals surface area (Å²) in [7, 11) is 0. The molecular weight excluding hydrogens is 496 g/mol. The zero-order valence-corrected chi connectivity index (χ0v) is 18.5. The highest BCUT2D eigenvalue weighted by atomic mass is 19.3. The Balaban J connectivity index is 1.40. The third kappa shape index (κ3) is 5.59. The predicted molar refractivity (Wildman–Crippen MR) is 113 cm³/mol. The zero-order valence-electron chi connectivity index (χ0n) is 18.5. The third-order valence-corrected chi connectivity index (χ3v) is 5.26. The lowest BCUT2D eigenvalue weighted by molar-refractivity contribution is -0.132. The number of alkyl halides is 2. The minimum Gasteiger partial charge on any atom is -0.442 e. The van der Waals surface area contributed by atoms with Crippen LogP contribution in [0.2, 0.25) is 0 Å². The molecule has 2 aliphatic rings. The number of halogens is 4. The second kappa shape index (κ2) is 10.7. The molecule has 36 heavy (non-hydrogen) atoms. The maximum atomic E-state index is 15.0.